The zero-order chi connectivity index (χ0) is 24.3. The Morgan fingerprint density at radius 1 is 1.03 bits per heavy atom. The monoisotopic (exact) mass is 458 g/mol. The quantitative estimate of drug-likeness (QED) is 0.486. The number of amides is 2. The number of hydrogen-bond acceptors (Lipinski definition) is 3. The number of carbonyl (C=O) groups is 2. The van der Waals surface area contributed by atoms with Crippen LogP contribution in [0.3, 0.4) is 0 Å². The van der Waals surface area contributed by atoms with Crippen molar-refractivity contribution in [2.24, 2.45) is 0 Å². The third-order valence-electron chi connectivity index (χ3n) is 6.79. The van der Waals surface area contributed by atoms with E-state index in [2.05, 4.69) is 53.5 Å². The van der Waals surface area contributed by atoms with Crippen LogP contribution in [0.15, 0.2) is 60.9 Å². The van der Waals surface area contributed by atoms with E-state index in [1.807, 2.05) is 43.5 Å². The van der Waals surface area contributed by atoms with Crippen molar-refractivity contribution in [2.45, 2.75) is 63.8 Å². The number of aryl methyl sites for hydroxylation is 1. The molecule has 0 atom stereocenters. The Morgan fingerprint density at radius 3 is 2.44 bits per heavy atom. The molecule has 0 saturated heterocycles. The van der Waals surface area contributed by atoms with E-state index in [-0.39, 0.29) is 28.7 Å². The lowest BCUT2D eigenvalue weighted by Gasteiger charge is -2.48. The molecule has 0 aliphatic heterocycles. The van der Waals surface area contributed by atoms with Crippen LogP contribution in [0.1, 0.15) is 78.2 Å². The van der Waals surface area contributed by atoms with Crippen molar-refractivity contribution in [1.29, 1.82) is 0 Å². The maximum atomic E-state index is 12.9. The van der Waals surface area contributed by atoms with Gasteiger partial charge in [0.2, 0.25) is 0 Å². The largest absolute Gasteiger partial charge is 0.367 e. The highest BCUT2D eigenvalue weighted by molar-refractivity contribution is 5.95. The van der Waals surface area contributed by atoms with E-state index >= 15 is 0 Å². The molecule has 3 N–H and O–H groups in total. The summed E-state index contributed by atoms with van der Waals surface area (Å²) >= 11 is 0. The molecule has 6 heteroatoms. The summed E-state index contributed by atoms with van der Waals surface area (Å²) in [6.45, 7) is 8.82. The van der Waals surface area contributed by atoms with Gasteiger partial charge in [-0.15, -0.1) is 0 Å². The summed E-state index contributed by atoms with van der Waals surface area (Å²) in [5.41, 5.74) is 3.89. The average Bonchev–Trinajstić information content (AvgIpc) is 3.29. The van der Waals surface area contributed by atoms with Gasteiger partial charge in [-0.3, -0.25) is 9.59 Å². The van der Waals surface area contributed by atoms with Crippen LogP contribution in [0.4, 0.5) is 0 Å². The molecule has 0 unspecified atom stereocenters. The Kier molecular flexibility index (Phi) is 6.60. The molecule has 4 rings (SSSR count). The van der Waals surface area contributed by atoms with Crippen LogP contribution in [0.2, 0.25) is 0 Å². The molecule has 1 aliphatic rings. The van der Waals surface area contributed by atoms with Crippen molar-refractivity contribution in [1.82, 2.24) is 20.6 Å². The molecule has 1 fully saturated rings. The fraction of sp³-hybridized carbons (Fsp3) is 0.393. The summed E-state index contributed by atoms with van der Waals surface area (Å²) < 4.78 is 0. The van der Waals surface area contributed by atoms with Gasteiger partial charge in [-0.2, -0.15) is 0 Å². The van der Waals surface area contributed by atoms with Gasteiger partial charge in [-0.25, -0.2) is 4.98 Å². The minimum atomic E-state index is -0.210. The number of H-pyrrole nitrogens is 1. The van der Waals surface area contributed by atoms with Gasteiger partial charge in [0.1, 0.15) is 5.69 Å². The molecule has 0 radical (unpaired) electrons. The van der Waals surface area contributed by atoms with Crippen LogP contribution in [-0.4, -0.2) is 34.4 Å². The molecule has 0 bridgehead atoms. The number of pyridine rings is 1. The van der Waals surface area contributed by atoms with E-state index in [0.717, 1.165) is 30.5 Å². The van der Waals surface area contributed by atoms with Gasteiger partial charge in [-0.1, -0.05) is 64.1 Å². The first-order chi connectivity index (χ1) is 16.2. The first kappa shape index (κ1) is 23.7. The summed E-state index contributed by atoms with van der Waals surface area (Å²) in [6.07, 6.45) is 5.95. The summed E-state index contributed by atoms with van der Waals surface area (Å²) in [7, 11) is 0. The number of rotatable bonds is 7. The molecule has 2 amide bonds. The van der Waals surface area contributed by atoms with E-state index in [1.54, 1.807) is 12.3 Å². The van der Waals surface area contributed by atoms with Crippen molar-refractivity contribution in [3.8, 4) is 0 Å². The van der Waals surface area contributed by atoms with Crippen molar-refractivity contribution in [2.75, 3.05) is 6.54 Å². The Morgan fingerprint density at radius 2 is 1.76 bits per heavy atom. The highest BCUT2D eigenvalue weighted by Gasteiger charge is 2.46. The highest BCUT2D eigenvalue weighted by Crippen LogP contribution is 2.43. The molecular formula is C28H34N4O2. The highest BCUT2D eigenvalue weighted by atomic mass is 16.2. The average molecular weight is 459 g/mol. The molecule has 34 heavy (non-hydrogen) atoms. The zero-order valence-corrected chi connectivity index (χ0v) is 20.4. The van der Waals surface area contributed by atoms with Gasteiger partial charge in [0, 0.05) is 41.5 Å². The number of benzene rings is 1. The smallest absolute Gasteiger partial charge is 0.270 e. The molecule has 178 valence electrons. The Labute approximate surface area is 201 Å². The lowest BCUT2D eigenvalue weighted by Crippen LogP contribution is -2.57. The summed E-state index contributed by atoms with van der Waals surface area (Å²) in [6, 6.07) is 15.9. The van der Waals surface area contributed by atoms with Crippen LogP contribution >= 0.6 is 0 Å². The molecular weight excluding hydrogens is 424 g/mol. The van der Waals surface area contributed by atoms with Crippen LogP contribution in [0.25, 0.3) is 0 Å². The van der Waals surface area contributed by atoms with E-state index in [0.29, 0.717) is 17.8 Å². The number of hydrogen-bond donors (Lipinski definition) is 3. The first-order valence-electron chi connectivity index (χ1n) is 12.0. The first-order valence-corrected chi connectivity index (χ1v) is 12.0. The van der Waals surface area contributed by atoms with Gasteiger partial charge >= 0.3 is 0 Å². The maximum absolute atomic E-state index is 12.9. The van der Waals surface area contributed by atoms with Gasteiger partial charge in [0.15, 0.2) is 0 Å². The van der Waals surface area contributed by atoms with Crippen LogP contribution in [0, 0.1) is 0 Å². The standard InChI is InChI=1S/C28H34N4O2/c1-5-19-16-29-17-22(19)25(33)30-18-28(20-10-7-6-8-11-20)14-21(15-28)31-26(34)23-12-9-13-24(32-23)27(2,3)4/h6-13,16-17,21,29H,5,14-15,18H2,1-4H3,(H,30,33)(H,31,34). The lowest BCUT2D eigenvalue weighted by atomic mass is 9.61. The van der Waals surface area contributed by atoms with E-state index in [4.69, 9.17) is 0 Å². The number of carbonyl (C=O) groups excluding carboxylic acids is 2. The van der Waals surface area contributed by atoms with Crippen molar-refractivity contribution >= 4 is 11.8 Å². The predicted octanol–water partition coefficient (Wildman–Crippen LogP) is 4.53. The second-order valence-corrected chi connectivity index (χ2v) is 10.3. The van der Waals surface area contributed by atoms with Crippen LogP contribution < -0.4 is 10.6 Å². The summed E-state index contributed by atoms with van der Waals surface area (Å²) in [5, 5.41) is 6.30. The second-order valence-electron chi connectivity index (χ2n) is 10.3. The molecule has 0 spiro atoms. The molecule has 2 heterocycles. The number of aromatic nitrogens is 2. The van der Waals surface area contributed by atoms with Gasteiger partial charge in [0.05, 0.1) is 5.56 Å². The van der Waals surface area contributed by atoms with Crippen molar-refractivity contribution < 1.29 is 9.59 Å². The Hall–Kier alpha value is -3.41. The van der Waals surface area contributed by atoms with Gasteiger partial charge in [-0.05, 0) is 42.5 Å². The van der Waals surface area contributed by atoms with Gasteiger partial charge in [0.25, 0.3) is 11.8 Å². The molecule has 1 aromatic carbocycles. The number of nitrogens with one attached hydrogen (secondary N) is 3. The maximum Gasteiger partial charge on any atom is 0.270 e. The van der Waals surface area contributed by atoms with Crippen LogP contribution in [-0.2, 0) is 17.3 Å². The lowest BCUT2D eigenvalue weighted by molar-refractivity contribution is 0.0820. The SMILES string of the molecule is CCc1c[nH]cc1C(=O)NCC1(c2ccccc2)CC(NC(=O)c2cccc(C(C)(C)C)n2)C1. The van der Waals surface area contributed by atoms with Gasteiger partial charge < -0.3 is 15.6 Å². The summed E-state index contributed by atoms with van der Waals surface area (Å²) in [5.74, 6) is -0.217. The van der Waals surface area contributed by atoms with Crippen molar-refractivity contribution in [3.63, 3.8) is 0 Å². The molecule has 1 aliphatic carbocycles. The zero-order valence-electron chi connectivity index (χ0n) is 20.4. The molecule has 6 nitrogen and oxygen atoms in total. The second kappa shape index (κ2) is 9.45. The molecule has 3 aromatic rings. The minimum Gasteiger partial charge on any atom is -0.367 e. The van der Waals surface area contributed by atoms with Crippen molar-refractivity contribution in [3.05, 3.63) is 89.0 Å². The van der Waals surface area contributed by atoms with E-state index in [1.165, 1.54) is 5.56 Å². The minimum absolute atomic E-state index is 0.0307. The number of aromatic amines is 1. The number of nitrogens with zero attached hydrogens (tertiary/aromatic N) is 1. The fourth-order valence-corrected chi connectivity index (χ4v) is 4.74. The Bertz CT molecular complexity index is 1150. The van der Waals surface area contributed by atoms with Crippen LogP contribution in [0.5, 0.6) is 0 Å². The summed E-state index contributed by atoms with van der Waals surface area (Å²) in [4.78, 5) is 33.4. The topological polar surface area (TPSA) is 86.9 Å². The predicted molar refractivity (Wildman–Crippen MR) is 134 cm³/mol. The normalized spacial score (nSPS) is 19.8. The third kappa shape index (κ3) is 4.91. The Balaban J connectivity index is 1.44. The fourth-order valence-electron chi connectivity index (χ4n) is 4.74. The van der Waals surface area contributed by atoms with E-state index in [9.17, 15) is 9.59 Å². The molecule has 1 saturated carbocycles. The molecule has 2 aromatic heterocycles. The van der Waals surface area contributed by atoms with E-state index < -0.39 is 0 Å². The third-order valence-corrected chi connectivity index (χ3v) is 6.79.